The number of halogens is 2. The van der Waals surface area contributed by atoms with Gasteiger partial charge in [-0.1, -0.05) is 13.8 Å². The molecule has 1 rings (SSSR count). The van der Waals surface area contributed by atoms with Crippen LogP contribution in [0.15, 0.2) is 18.2 Å². The van der Waals surface area contributed by atoms with E-state index in [1.54, 1.807) is 13.8 Å². The summed E-state index contributed by atoms with van der Waals surface area (Å²) in [4.78, 5) is 23.0. The summed E-state index contributed by atoms with van der Waals surface area (Å²) in [6.45, 7) is 3.24. The monoisotopic (exact) mass is 257 g/mol. The molecular formula is C12H13F2NO3. The molecule has 1 atom stereocenters. The third kappa shape index (κ3) is 2.82. The number of nitrogens with zero attached hydrogens (tertiary/aromatic N) is 1. The molecule has 0 aromatic heterocycles. The molecule has 98 valence electrons. The van der Waals surface area contributed by atoms with Crippen molar-refractivity contribution in [3.8, 4) is 0 Å². The quantitative estimate of drug-likeness (QED) is 0.821. The van der Waals surface area contributed by atoms with Gasteiger partial charge >= 0.3 is 5.97 Å². The average Bonchev–Trinajstić information content (AvgIpc) is 2.28. The second kappa shape index (κ2) is 5.57. The molecule has 1 unspecified atom stereocenters. The molecule has 1 aromatic rings. The Morgan fingerprint density at radius 3 is 2.33 bits per heavy atom. The van der Waals surface area contributed by atoms with Crippen molar-refractivity contribution in [1.82, 2.24) is 0 Å². The Morgan fingerprint density at radius 1 is 1.33 bits per heavy atom. The summed E-state index contributed by atoms with van der Waals surface area (Å²) in [6.07, 6.45) is 0.297. The molecule has 0 aliphatic heterocycles. The van der Waals surface area contributed by atoms with Crippen LogP contribution in [0.1, 0.15) is 13.8 Å². The zero-order valence-corrected chi connectivity index (χ0v) is 9.93. The molecule has 1 amide bonds. The summed E-state index contributed by atoms with van der Waals surface area (Å²) in [5.74, 6) is -3.77. The van der Waals surface area contributed by atoms with Crippen LogP contribution in [-0.4, -0.2) is 23.5 Å². The van der Waals surface area contributed by atoms with E-state index in [-0.39, 0.29) is 11.6 Å². The molecule has 0 aliphatic carbocycles. The SMILES string of the molecule is CC(C)C(C(=O)O)N(C=O)c1ccc(F)c(F)c1. The number of hydrogen-bond donors (Lipinski definition) is 1. The number of benzene rings is 1. The zero-order chi connectivity index (χ0) is 13.9. The van der Waals surface area contributed by atoms with E-state index < -0.39 is 23.6 Å². The second-order valence-electron chi connectivity index (χ2n) is 4.14. The zero-order valence-electron chi connectivity index (χ0n) is 9.93. The van der Waals surface area contributed by atoms with Crippen molar-refractivity contribution < 1.29 is 23.5 Å². The maximum absolute atomic E-state index is 13.1. The fourth-order valence-corrected chi connectivity index (χ4v) is 1.66. The number of carbonyl (C=O) groups excluding carboxylic acids is 1. The van der Waals surface area contributed by atoms with Gasteiger partial charge in [-0.05, 0) is 18.1 Å². The normalized spacial score (nSPS) is 12.3. The number of carboxylic acids is 1. The Labute approximate surface area is 103 Å². The summed E-state index contributed by atoms with van der Waals surface area (Å²) < 4.78 is 25.9. The van der Waals surface area contributed by atoms with E-state index in [1.807, 2.05) is 0 Å². The van der Waals surface area contributed by atoms with Crippen molar-refractivity contribution in [2.45, 2.75) is 19.9 Å². The lowest BCUT2D eigenvalue weighted by atomic mass is 10.0. The highest BCUT2D eigenvalue weighted by molar-refractivity contribution is 5.88. The standard InChI is InChI=1S/C12H13F2NO3/c1-7(2)11(12(17)18)15(6-16)8-3-4-9(13)10(14)5-8/h3-7,11H,1-2H3,(H,17,18). The van der Waals surface area contributed by atoms with Gasteiger partial charge in [-0.15, -0.1) is 0 Å². The highest BCUT2D eigenvalue weighted by Gasteiger charge is 2.29. The molecule has 6 heteroatoms. The van der Waals surface area contributed by atoms with Crippen LogP contribution >= 0.6 is 0 Å². The van der Waals surface area contributed by atoms with Gasteiger partial charge in [0.05, 0.1) is 0 Å². The van der Waals surface area contributed by atoms with Crippen molar-refractivity contribution in [3.05, 3.63) is 29.8 Å². The lowest BCUT2D eigenvalue weighted by Gasteiger charge is -2.27. The molecule has 0 radical (unpaired) electrons. The van der Waals surface area contributed by atoms with Gasteiger partial charge in [0.15, 0.2) is 11.6 Å². The number of amides is 1. The van der Waals surface area contributed by atoms with Crippen LogP contribution in [0.4, 0.5) is 14.5 Å². The number of hydrogen-bond acceptors (Lipinski definition) is 2. The molecule has 0 saturated carbocycles. The summed E-state index contributed by atoms with van der Waals surface area (Å²) >= 11 is 0. The van der Waals surface area contributed by atoms with E-state index >= 15 is 0 Å². The molecule has 0 fully saturated rings. The lowest BCUT2D eigenvalue weighted by molar-refractivity contribution is -0.140. The van der Waals surface area contributed by atoms with Gasteiger partial charge in [-0.2, -0.15) is 0 Å². The van der Waals surface area contributed by atoms with Crippen molar-refractivity contribution in [1.29, 1.82) is 0 Å². The van der Waals surface area contributed by atoms with Gasteiger partial charge in [-0.3, -0.25) is 4.79 Å². The fourth-order valence-electron chi connectivity index (χ4n) is 1.66. The van der Waals surface area contributed by atoms with E-state index in [9.17, 15) is 18.4 Å². The molecular weight excluding hydrogens is 244 g/mol. The Balaban J connectivity index is 3.19. The summed E-state index contributed by atoms with van der Waals surface area (Å²) in [7, 11) is 0. The van der Waals surface area contributed by atoms with E-state index in [4.69, 9.17) is 5.11 Å². The van der Waals surface area contributed by atoms with Gasteiger partial charge in [-0.25, -0.2) is 13.6 Å². The predicted octanol–water partition coefficient (Wildman–Crippen LogP) is 2.04. The van der Waals surface area contributed by atoms with Crippen LogP contribution in [-0.2, 0) is 9.59 Å². The third-order valence-electron chi connectivity index (χ3n) is 2.50. The van der Waals surface area contributed by atoms with Crippen molar-refractivity contribution in [2.24, 2.45) is 5.92 Å². The van der Waals surface area contributed by atoms with Crippen LogP contribution < -0.4 is 4.90 Å². The van der Waals surface area contributed by atoms with E-state index in [0.29, 0.717) is 6.41 Å². The van der Waals surface area contributed by atoms with Crippen LogP contribution in [0.3, 0.4) is 0 Å². The first-order valence-corrected chi connectivity index (χ1v) is 5.30. The minimum Gasteiger partial charge on any atom is -0.480 e. The lowest BCUT2D eigenvalue weighted by Crippen LogP contribution is -2.44. The average molecular weight is 257 g/mol. The van der Waals surface area contributed by atoms with Crippen LogP contribution in [0.25, 0.3) is 0 Å². The maximum atomic E-state index is 13.1. The number of carbonyl (C=O) groups is 2. The first-order valence-electron chi connectivity index (χ1n) is 5.30. The van der Waals surface area contributed by atoms with Crippen LogP contribution in [0, 0.1) is 17.6 Å². The largest absolute Gasteiger partial charge is 0.480 e. The Bertz CT molecular complexity index is 463. The summed E-state index contributed by atoms with van der Waals surface area (Å²) in [5.41, 5.74) is 0.00463. The highest BCUT2D eigenvalue weighted by Crippen LogP contribution is 2.22. The molecule has 18 heavy (non-hydrogen) atoms. The number of anilines is 1. The molecule has 0 bridgehead atoms. The first-order chi connectivity index (χ1) is 8.38. The topological polar surface area (TPSA) is 57.6 Å². The summed E-state index contributed by atoms with van der Waals surface area (Å²) in [6, 6.07) is 1.67. The third-order valence-corrected chi connectivity index (χ3v) is 2.50. The van der Waals surface area contributed by atoms with Crippen LogP contribution in [0.5, 0.6) is 0 Å². The predicted molar refractivity (Wildman–Crippen MR) is 61.2 cm³/mol. The van der Waals surface area contributed by atoms with E-state index in [0.717, 1.165) is 23.1 Å². The number of carboxylic acid groups (broad SMARTS) is 1. The molecule has 0 spiro atoms. The molecule has 4 nitrogen and oxygen atoms in total. The van der Waals surface area contributed by atoms with Gasteiger partial charge in [0.1, 0.15) is 6.04 Å². The van der Waals surface area contributed by atoms with Gasteiger partial charge in [0.2, 0.25) is 6.41 Å². The molecule has 0 saturated heterocycles. The first kappa shape index (κ1) is 14.1. The second-order valence-corrected chi connectivity index (χ2v) is 4.14. The van der Waals surface area contributed by atoms with E-state index in [2.05, 4.69) is 0 Å². The Morgan fingerprint density at radius 2 is 1.94 bits per heavy atom. The Hall–Kier alpha value is -1.98. The minimum atomic E-state index is -1.21. The maximum Gasteiger partial charge on any atom is 0.327 e. The van der Waals surface area contributed by atoms with Crippen molar-refractivity contribution in [2.75, 3.05) is 4.90 Å². The summed E-state index contributed by atoms with van der Waals surface area (Å²) in [5, 5.41) is 9.06. The number of aliphatic carboxylic acids is 1. The van der Waals surface area contributed by atoms with Gasteiger partial charge in [0, 0.05) is 11.8 Å². The fraction of sp³-hybridized carbons (Fsp3) is 0.333. The minimum absolute atomic E-state index is 0.00463. The number of rotatable bonds is 5. The van der Waals surface area contributed by atoms with E-state index in [1.165, 1.54) is 0 Å². The molecule has 0 aliphatic rings. The van der Waals surface area contributed by atoms with Gasteiger partial charge < -0.3 is 10.0 Å². The Kier molecular flexibility index (Phi) is 4.36. The van der Waals surface area contributed by atoms with Crippen molar-refractivity contribution in [3.63, 3.8) is 0 Å². The highest BCUT2D eigenvalue weighted by atomic mass is 19.2. The molecule has 0 heterocycles. The molecule has 1 aromatic carbocycles. The van der Waals surface area contributed by atoms with Gasteiger partial charge in [0.25, 0.3) is 0 Å². The molecule has 1 N–H and O–H groups in total. The smallest absolute Gasteiger partial charge is 0.327 e. The van der Waals surface area contributed by atoms with Crippen molar-refractivity contribution >= 4 is 18.1 Å². The van der Waals surface area contributed by atoms with Crippen LogP contribution in [0.2, 0.25) is 0 Å².